The molecule has 0 saturated carbocycles. The van der Waals surface area contributed by atoms with E-state index in [9.17, 15) is 0 Å². The number of anilines is 1. The van der Waals surface area contributed by atoms with Crippen molar-refractivity contribution in [2.24, 2.45) is 0 Å². The Morgan fingerprint density at radius 3 is 2.95 bits per heavy atom. The van der Waals surface area contributed by atoms with E-state index in [-0.39, 0.29) is 6.10 Å². The van der Waals surface area contributed by atoms with Crippen molar-refractivity contribution in [3.63, 3.8) is 0 Å². The van der Waals surface area contributed by atoms with Gasteiger partial charge in [-0.15, -0.1) is 0 Å². The second-order valence-electron chi connectivity index (χ2n) is 4.56. The van der Waals surface area contributed by atoms with E-state index in [0.717, 1.165) is 12.0 Å². The zero-order valence-electron chi connectivity index (χ0n) is 11.2. The minimum Gasteiger partial charge on any atom is -0.493 e. The highest BCUT2D eigenvalue weighted by Crippen LogP contribution is 2.39. The van der Waals surface area contributed by atoms with E-state index >= 15 is 0 Å². The highest BCUT2D eigenvalue weighted by molar-refractivity contribution is 5.71. The van der Waals surface area contributed by atoms with Crippen molar-refractivity contribution in [3.05, 3.63) is 24.3 Å². The van der Waals surface area contributed by atoms with Crippen LogP contribution in [0.25, 0.3) is 11.3 Å². The van der Waals surface area contributed by atoms with Gasteiger partial charge < -0.3 is 24.5 Å². The van der Waals surface area contributed by atoms with Crippen LogP contribution in [0.15, 0.2) is 28.8 Å². The van der Waals surface area contributed by atoms with Crippen molar-refractivity contribution < 1.29 is 18.7 Å². The Kier molecular flexibility index (Phi) is 3.47. The standard InChI is InChI=1S/C14H16N2O4/c1-17-11-4-2-3-10(12-7-13(15)16-20-12)14(11)19-9-5-6-18-8-9/h2-4,7,9H,5-6,8H2,1H3,(H2,15,16). The van der Waals surface area contributed by atoms with E-state index in [4.69, 9.17) is 24.5 Å². The lowest BCUT2D eigenvalue weighted by atomic mass is 10.1. The smallest absolute Gasteiger partial charge is 0.172 e. The first-order chi connectivity index (χ1) is 9.78. The minimum absolute atomic E-state index is 0.0188. The van der Waals surface area contributed by atoms with Gasteiger partial charge in [-0.3, -0.25) is 0 Å². The summed E-state index contributed by atoms with van der Waals surface area (Å²) in [6.07, 6.45) is 0.876. The van der Waals surface area contributed by atoms with Crippen molar-refractivity contribution in [2.75, 3.05) is 26.1 Å². The molecule has 1 atom stereocenters. The highest BCUT2D eigenvalue weighted by Gasteiger charge is 2.23. The van der Waals surface area contributed by atoms with E-state index in [2.05, 4.69) is 5.16 Å². The maximum atomic E-state index is 6.01. The van der Waals surface area contributed by atoms with Crippen LogP contribution in [-0.2, 0) is 4.74 Å². The molecule has 2 heterocycles. The molecule has 1 aromatic heterocycles. The van der Waals surface area contributed by atoms with Crippen LogP contribution in [0, 0.1) is 0 Å². The SMILES string of the molecule is COc1cccc(-c2cc(N)no2)c1OC1CCOC1. The van der Waals surface area contributed by atoms with Gasteiger partial charge in [0.05, 0.1) is 25.9 Å². The van der Waals surface area contributed by atoms with Crippen LogP contribution in [0.4, 0.5) is 5.82 Å². The van der Waals surface area contributed by atoms with Gasteiger partial charge in [0.1, 0.15) is 6.10 Å². The second kappa shape index (κ2) is 5.42. The van der Waals surface area contributed by atoms with Gasteiger partial charge in [-0.05, 0) is 12.1 Å². The molecular weight excluding hydrogens is 260 g/mol. The summed E-state index contributed by atoms with van der Waals surface area (Å²) in [7, 11) is 1.60. The molecule has 0 spiro atoms. The number of nitrogens with zero attached hydrogens (tertiary/aromatic N) is 1. The Balaban J connectivity index is 1.99. The number of methoxy groups -OCH3 is 1. The number of ether oxygens (including phenoxy) is 3. The van der Waals surface area contributed by atoms with E-state index in [1.165, 1.54) is 0 Å². The Morgan fingerprint density at radius 2 is 2.30 bits per heavy atom. The lowest BCUT2D eigenvalue weighted by Gasteiger charge is -2.17. The number of nitrogens with two attached hydrogens (primary N) is 1. The zero-order chi connectivity index (χ0) is 13.9. The first kappa shape index (κ1) is 12.8. The van der Waals surface area contributed by atoms with Crippen LogP contribution in [0.2, 0.25) is 0 Å². The van der Waals surface area contributed by atoms with Crippen molar-refractivity contribution in [3.8, 4) is 22.8 Å². The number of benzene rings is 1. The summed E-state index contributed by atoms with van der Waals surface area (Å²) in [4.78, 5) is 0. The van der Waals surface area contributed by atoms with Gasteiger partial charge in [0.25, 0.3) is 0 Å². The fourth-order valence-corrected chi connectivity index (χ4v) is 2.18. The van der Waals surface area contributed by atoms with Gasteiger partial charge in [0, 0.05) is 12.5 Å². The molecule has 0 aliphatic carbocycles. The molecule has 6 heteroatoms. The van der Waals surface area contributed by atoms with Crippen LogP contribution in [-0.4, -0.2) is 31.6 Å². The number of aromatic nitrogens is 1. The van der Waals surface area contributed by atoms with Crippen LogP contribution in [0.1, 0.15) is 6.42 Å². The Morgan fingerprint density at radius 1 is 1.40 bits per heavy atom. The molecule has 3 rings (SSSR count). The third kappa shape index (κ3) is 2.42. The fourth-order valence-electron chi connectivity index (χ4n) is 2.18. The van der Waals surface area contributed by atoms with E-state index in [1.54, 1.807) is 13.2 Å². The summed E-state index contributed by atoms with van der Waals surface area (Å²) in [5, 5.41) is 3.70. The summed E-state index contributed by atoms with van der Waals surface area (Å²) in [5.41, 5.74) is 6.37. The highest BCUT2D eigenvalue weighted by atomic mass is 16.6. The zero-order valence-corrected chi connectivity index (χ0v) is 11.2. The summed E-state index contributed by atoms with van der Waals surface area (Å²) in [6, 6.07) is 7.25. The summed E-state index contributed by atoms with van der Waals surface area (Å²) in [5.74, 6) is 2.15. The maximum Gasteiger partial charge on any atom is 0.172 e. The summed E-state index contributed by atoms with van der Waals surface area (Å²) >= 11 is 0. The van der Waals surface area contributed by atoms with Crippen LogP contribution in [0.5, 0.6) is 11.5 Å². The maximum absolute atomic E-state index is 6.01. The molecule has 1 saturated heterocycles. The Labute approximate surface area is 116 Å². The van der Waals surface area contributed by atoms with Gasteiger partial charge in [0.15, 0.2) is 23.1 Å². The average molecular weight is 276 g/mol. The normalized spacial score (nSPS) is 18.1. The molecule has 1 aliphatic heterocycles. The molecule has 2 aromatic rings. The lowest BCUT2D eigenvalue weighted by Crippen LogP contribution is -2.16. The predicted octanol–water partition coefficient (Wildman–Crippen LogP) is 2.10. The van der Waals surface area contributed by atoms with Crippen LogP contribution < -0.4 is 15.2 Å². The van der Waals surface area contributed by atoms with Gasteiger partial charge in [-0.1, -0.05) is 11.2 Å². The van der Waals surface area contributed by atoms with Crippen LogP contribution >= 0.6 is 0 Å². The molecule has 0 amide bonds. The van der Waals surface area contributed by atoms with Gasteiger partial charge in [-0.25, -0.2) is 0 Å². The van der Waals surface area contributed by atoms with Gasteiger partial charge in [0.2, 0.25) is 0 Å². The van der Waals surface area contributed by atoms with E-state index in [1.807, 2.05) is 18.2 Å². The molecule has 0 bridgehead atoms. The molecule has 1 aliphatic rings. The third-order valence-corrected chi connectivity index (χ3v) is 3.17. The molecule has 1 aromatic carbocycles. The van der Waals surface area contributed by atoms with E-state index < -0.39 is 0 Å². The van der Waals surface area contributed by atoms with Crippen molar-refractivity contribution in [2.45, 2.75) is 12.5 Å². The molecule has 1 fully saturated rings. The molecule has 106 valence electrons. The molecule has 6 nitrogen and oxygen atoms in total. The third-order valence-electron chi connectivity index (χ3n) is 3.17. The molecule has 0 radical (unpaired) electrons. The van der Waals surface area contributed by atoms with Crippen molar-refractivity contribution in [1.82, 2.24) is 5.16 Å². The first-order valence-corrected chi connectivity index (χ1v) is 6.42. The number of hydrogen-bond acceptors (Lipinski definition) is 6. The van der Waals surface area contributed by atoms with Gasteiger partial charge >= 0.3 is 0 Å². The monoisotopic (exact) mass is 276 g/mol. The predicted molar refractivity (Wildman–Crippen MR) is 72.8 cm³/mol. The topological polar surface area (TPSA) is 79.7 Å². The van der Waals surface area contributed by atoms with Crippen LogP contribution in [0.3, 0.4) is 0 Å². The molecular formula is C14H16N2O4. The van der Waals surface area contributed by atoms with Gasteiger partial charge in [-0.2, -0.15) is 0 Å². The first-order valence-electron chi connectivity index (χ1n) is 6.42. The molecule has 1 unspecified atom stereocenters. The molecule has 20 heavy (non-hydrogen) atoms. The van der Waals surface area contributed by atoms with E-state index in [0.29, 0.717) is 36.3 Å². The van der Waals surface area contributed by atoms with Crippen molar-refractivity contribution >= 4 is 5.82 Å². The number of rotatable bonds is 4. The average Bonchev–Trinajstić information content (AvgIpc) is 3.11. The number of nitrogen functional groups attached to an aromatic ring is 1. The Hall–Kier alpha value is -2.21. The largest absolute Gasteiger partial charge is 0.493 e. The van der Waals surface area contributed by atoms with Crippen molar-refractivity contribution in [1.29, 1.82) is 0 Å². The second-order valence-corrected chi connectivity index (χ2v) is 4.56. The summed E-state index contributed by atoms with van der Waals surface area (Å²) < 4.78 is 21.9. The lowest BCUT2D eigenvalue weighted by molar-refractivity contribution is 0.139. The Bertz CT molecular complexity index is 591. The fraction of sp³-hybridized carbons (Fsp3) is 0.357. The number of para-hydroxylation sites is 1. The minimum atomic E-state index is 0.0188. The number of hydrogen-bond donors (Lipinski definition) is 1. The molecule has 2 N–H and O–H groups in total. The summed E-state index contributed by atoms with van der Waals surface area (Å²) in [6.45, 7) is 1.29. The quantitative estimate of drug-likeness (QED) is 0.921.